The molecule has 0 aromatic carbocycles. The summed E-state index contributed by atoms with van der Waals surface area (Å²) in [5, 5.41) is 12.0. The summed E-state index contributed by atoms with van der Waals surface area (Å²) in [6, 6.07) is 0. The number of nitrogens with zero attached hydrogens (tertiary/aromatic N) is 1. The van der Waals surface area contributed by atoms with Crippen LogP contribution in [-0.2, 0) is 6.54 Å². The second-order valence-corrected chi connectivity index (χ2v) is 3.67. The van der Waals surface area contributed by atoms with Crippen LogP contribution in [0.25, 0.3) is 0 Å². The van der Waals surface area contributed by atoms with Gasteiger partial charge in [0.25, 0.3) is 0 Å². The Kier molecular flexibility index (Phi) is 4.10. The van der Waals surface area contributed by atoms with Gasteiger partial charge in [0.05, 0.1) is 12.2 Å². The van der Waals surface area contributed by atoms with Crippen LogP contribution >= 0.6 is 0 Å². The molecular weight excluding hydrogens is 180 g/mol. The van der Waals surface area contributed by atoms with Crippen LogP contribution in [0.15, 0.2) is 4.42 Å². The highest BCUT2D eigenvalue weighted by molar-refractivity contribution is 5.05. The molecule has 4 heteroatoms. The van der Waals surface area contributed by atoms with Crippen molar-refractivity contribution in [2.45, 2.75) is 27.3 Å². The first-order chi connectivity index (χ1) is 6.63. The second-order valence-electron chi connectivity index (χ2n) is 3.67. The van der Waals surface area contributed by atoms with E-state index in [0.29, 0.717) is 12.4 Å². The van der Waals surface area contributed by atoms with Gasteiger partial charge < -0.3 is 14.8 Å². The minimum absolute atomic E-state index is 0.205. The molecule has 0 saturated carbocycles. The first-order valence-corrected chi connectivity index (χ1v) is 4.88. The lowest BCUT2D eigenvalue weighted by atomic mass is 10.2. The molecular formula is C10H18N2O2. The van der Waals surface area contributed by atoms with Crippen LogP contribution in [0.1, 0.15) is 24.3 Å². The van der Waals surface area contributed by atoms with Gasteiger partial charge in [0.1, 0.15) is 5.76 Å². The van der Waals surface area contributed by atoms with E-state index in [2.05, 4.69) is 10.3 Å². The number of hydrogen-bond donors (Lipinski definition) is 2. The minimum atomic E-state index is 0.205. The van der Waals surface area contributed by atoms with Gasteiger partial charge in [-0.1, -0.05) is 6.92 Å². The van der Waals surface area contributed by atoms with Crippen molar-refractivity contribution in [1.82, 2.24) is 10.3 Å². The van der Waals surface area contributed by atoms with Crippen molar-refractivity contribution in [3.8, 4) is 0 Å². The third-order valence-electron chi connectivity index (χ3n) is 2.15. The number of aliphatic hydroxyl groups excluding tert-OH is 1. The zero-order chi connectivity index (χ0) is 10.6. The average molecular weight is 198 g/mol. The summed E-state index contributed by atoms with van der Waals surface area (Å²) in [6.07, 6.45) is 0. The highest BCUT2D eigenvalue weighted by atomic mass is 16.4. The predicted molar refractivity (Wildman–Crippen MR) is 53.9 cm³/mol. The van der Waals surface area contributed by atoms with Gasteiger partial charge in [-0.05, 0) is 19.8 Å². The van der Waals surface area contributed by atoms with Crippen LogP contribution < -0.4 is 5.32 Å². The van der Waals surface area contributed by atoms with Gasteiger partial charge in [-0.15, -0.1) is 0 Å². The van der Waals surface area contributed by atoms with E-state index in [-0.39, 0.29) is 12.5 Å². The SMILES string of the molecule is Cc1nc(CNCC(C)CO)oc1C. The molecule has 0 saturated heterocycles. The average Bonchev–Trinajstić information content (AvgIpc) is 2.46. The van der Waals surface area contributed by atoms with Crippen LogP contribution in [0.3, 0.4) is 0 Å². The van der Waals surface area contributed by atoms with E-state index < -0.39 is 0 Å². The first kappa shape index (κ1) is 11.2. The Hall–Kier alpha value is -0.870. The molecule has 0 fully saturated rings. The zero-order valence-electron chi connectivity index (χ0n) is 9.00. The number of aryl methyl sites for hydroxylation is 2. The van der Waals surface area contributed by atoms with Gasteiger partial charge >= 0.3 is 0 Å². The van der Waals surface area contributed by atoms with E-state index >= 15 is 0 Å². The van der Waals surface area contributed by atoms with E-state index in [4.69, 9.17) is 9.52 Å². The van der Waals surface area contributed by atoms with Crippen molar-refractivity contribution in [3.63, 3.8) is 0 Å². The molecule has 1 unspecified atom stereocenters. The summed E-state index contributed by atoms with van der Waals surface area (Å²) >= 11 is 0. The Morgan fingerprint density at radius 1 is 1.50 bits per heavy atom. The number of aromatic nitrogens is 1. The quantitative estimate of drug-likeness (QED) is 0.741. The largest absolute Gasteiger partial charge is 0.444 e. The molecule has 0 aliphatic rings. The standard InChI is InChI=1S/C10H18N2O2/c1-7(6-13)4-11-5-10-12-8(2)9(3)14-10/h7,11,13H,4-6H2,1-3H3. The Balaban J connectivity index is 2.31. The first-order valence-electron chi connectivity index (χ1n) is 4.88. The van der Waals surface area contributed by atoms with Gasteiger partial charge in [-0.25, -0.2) is 4.98 Å². The Bertz CT molecular complexity index is 264. The zero-order valence-corrected chi connectivity index (χ0v) is 9.00. The van der Waals surface area contributed by atoms with Gasteiger partial charge in [0.2, 0.25) is 5.89 Å². The van der Waals surface area contributed by atoms with Crippen LogP contribution in [0, 0.1) is 19.8 Å². The van der Waals surface area contributed by atoms with Crippen LogP contribution in [0.5, 0.6) is 0 Å². The van der Waals surface area contributed by atoms with Crippen LogP contribution in [0.2, 0.25) is 0 Å². The third kappa shape index (κ3) is 3.12. The maximum Gasteiger partial charge on any atom is 0.208 e. The Morgan fingerprint density at radius 2 is 2.21 bits per heavy atom. The fourth-order valence-electron chi connectivity index (χ4n) is 1.10. The fourth-order valence-corrected chi connectivity index (χ4v) is 1.10. The maximum absolute atomic E-state index is 8.80. The summed E-state index contributed by atoms with van der Waals surface area (Å²) in [7, 11) is 0. The van der Waals surface area contributed by atoms with Crippen molar-refractivity contribution in [1.29, 1.82) is 0 Å². The van der Waals surface area contributed by atoms with Gasteiger partial charge in [0.15, 0.2) is 0 Å². The molecule has 14 heavy (non-hydrogen) atoms. The second kappa shape index (κ2) is 5.12. The molecule has 4 nitrogen and oxygen atoms in total. The lowest BCUT2D eigenvalue weighted by molar-refractivity contribution is 0.232. The number of hydrogen-bond acceptors (Lipinski definition) is 4. The van der Waals surface area contributed by atoms with E-state index in [1.165, 1.54) is 0 Å². The molecule has 0 spiro atoms. The van der Waals surface area contributed by atoms with Crippen molar-refractivity contribution in [2.24, 2.45) is 5.92 Å². The maximum atomic E-state index is 8.80. The monoisotopic (exact) mass is 198 g/mol. The molecule has 1 aromatic rings. The van der Waals surface area contributed by atoms with Crippen molar-refractivity contribution < 1.29 is 9.52 Å². The van der Waals surface area contributed by atoms with Crippen molar-refractivity contribution in [2.75, 3.05) is 13.2 Å². The molecule has 0 aliphatic carbocycles. The van der Waals surface area contributed by atoms with Crippen molar-refractivity contribution in [3.05, 3.63) is 17.3 Å². The third-order valence-corrected chi connectivity index (χ3v) is 2.15. The number of nitrogens with one attached hydrogen (secondary N) is 1. The molecule has 0 amide bonds. The molecule has 1 rings (SSSR count). The Labute approximate surface area is 84.3 Å². The summed E-state index contributed by atoms with van der Waals surface area (Å²) in [5.74, 6) is 1.86. The fraction of sp³-hybridized carbons (Fsp3) is 0.700. The summed E-state index contributed by atoms with van der Waals surface area (Å²) in [5.41, 5.74) is 0.942. The van der Waals surface area contributed by atoms with Crippen molar-refractivity contribution >= 4 is 0 Å². The molecule has 1 heterocycles. The summed E-state index contributed by atoms with van der Waals surface area (Å²) in [4.78, 5) is 4.24. The molecule has 1 aromatic heterocycles. The molecule has 0 aliphatic heterocycles. The van der Waals surface area contributed by atoms with E-state index in [0.717, 1.165) is 18.0 Å². The number of oxazole rings is 1. The Morgan fingerprint density at radius 3 is 2.71 bits per heavy atom. The predicted octanol–water partition coefficient (Wildman–Crippen LogP) is 1.01. The van der Waals surface area contributed by atoms with Crippen LogP contribution in [-0.4, -0.2) is 23.2 Å². The molecule has 1 atom stereocenters. The molecule has 0 radical (unpaired) electrons. The lowest BCUT2D eigenvalue weighted by Gasteiger charge is -2.07. The minimum Gasteiger partial charge on any atom is -0.444 e. The van der Waals surface area contributed by atoms with E-state index in [1.54, 1.807) is 0 Å². The van der Waals surface area contributed by atoms with Gasteiger partial charge in [0, 0.05) is 13.2 Å². The van der Waals surface area contributed by atoms with Gasteiger partial charge in [-0.2, -0.15) is 0 Å². The molecule has 2 N–H and O–H groups in total. The normalized spacial score (nSPS) is 13.1. The summed E-state index contributed by atoms with van der Waals surface area (Å²) in [6.45, 7) is 7.42. The number of aliphatic hydroxyl groups is 1. The smallest absolute Gasteiger partial charge is 0.208 e. The van der Waals surface area contributed by atoms with Gasteiger partial charge in [-0.3, -0.25) is 0 Å². The van der Waals surface area contributed by atoms with E-state index in [9.17, 15) is 0 Å². The number of rotatable bonds is 5. The highest BCUT2D eigenvalue weighted by Gasteiger charge is 2.05. The lowest BCUT2D eigenvalue weighted by Crippen LogP contribution is -2.22. The summed E-state index contributed by atoms with van der Waals surface area (Å²) < 4.78 is 5.39. The van der Waals surface area contributed by atoms with Crippen LogP contribution in [0.4, 0.5) is 0 Å². The molecule has 0 bridgehead atoms. The molecule has 80 valence electrons. The highest BCUT2D eigenvalue weighted by Crippen LogP contribution is 2.07. The topological polar surface area (TPSA) is 58.3 Å². The van der Waals surface area contributed by atoms with E-state index in [1.807, 2.05) is 20.8 Å².